The zero-order valence-electron chi connectivity index (χ0n) is 13.9. The maximum absolute atomic E-state index is 12.3. The van der Waals surface area contributed by atoms with E-state index in [1.165, 1.54) is 6.33 Å². The highest BCUT2D eigenvalue weighted by molar-refractivity contribution is 6.02. The minimum Gasteiger partial charge on any atom is -0.360 e. The molecular formula is C16H19N5O4. The average Bonchev–Trinajstić information content (AvgIpc) is 3.25. The zero-order valence-corrected chi connectivity index (χ0v) is 13.9. The number of hydrogen-bond acceptors (Lipinski definition) is 8. The number of rotatable bonds is 3. The van der Waals surface area contributed by atoms with Gasteiger partial charge in [-0.05, 0) is 6.92 Å². The van der Waals surface area contributed by atoms with E-state index < -0.39 is 5.79 Å². The van der Waals surface area contributed by atoms with Crippen LogP contribution in [0.1, 0.15) is 29.1 Å². The summed E-state index contributed by atoms with van der Waals surface area (Å²) >= 11 is 0. The molecule has 2 saturated heterocycles. The molecule has 2 aromatic rings. The summed E-state index contributed by atoms with van der Waals surface area (Å²) in [5.74, 6) is 0.904. The van der Waals surface area contributed by atoms with Crippen molar-refractivity contribution >= 4 is 17.5 Å². The quantitative estimate of drug-likeness (QED) is 0.890. The largest absolute Gasteiger partial charge is 0.360 e. The molecule has 0 bridgehead atoms. The van der Waals surface area contributed by atoms with Crippen molar-refractivity contribution in [3.63, 3.8) is 0 Å². The van der Waals surface area contributed by atoms with Gasteiger partial charge in [-0.2, -0.15) is 0 Å². The van der Waals surface area contributed by atoms with Gasteiger partial charge in [0.15, 0.2) is 11.6 Å². The van der Waals surface area contributed by atoms with Gasteiger partial charge in [0.2, 0.25) is 0 Å². The first-order valence-electron chi connectivity index (χ1n) is 8.23. The molecule has 132 valence electrons. The fraction of sp³-hybridized carbons (Fsp3) is 0.500. The third kappa shape index (κ3) is 3.33. The summed E-state index contributed by atoms with van der Waals surface area (Å²) in [6, 6.07) is 3.32. The second kappa shape index (κ2) is 6.41. The maximum atomic E-state index is 12.3. The summed E-state index contributed by atoms with van der Waals surface area (Å²) in [5, 5.41) is 6.40. The molecule has 9 heteroatoms. The van der Waals surface area contributed by atoms with Gasteiger partial charge in [0.05, 0.1) is 13.2 Å². The first-order valence-corrected chi connectivity index (χ1v) is 8.23. The summed E-state index contributed by atoms with van der Waals surface area (Å²) in [6.45, 7) is 4.56. The number of ether oxygens (including phenoxy) is 2. The summed E-state index contributed by atoms with van der Waals surface area (Å²) in [6.07, 6.45) is 2.94. The molecule has 1 amide bonds. The van der Waals surface area contributed by atoms with Gasteiger partial charge in [0.25, 0.3) is 5.91 Å². The SMILES string of the molecule is Cc1cc(NC(=O)c2cc(N3CCC4(CC3)OCCO4)ncn2)no1. The number of aromatic nitrogens is 3. The first-order chi connectivity index (χ1) is 12.1. The normalized spacial score (nSPS) is 19.3. The fourth-order valence-electron chi connectivity index (χ4n) is 3.11. The van der Waals surface area contributed by atoms with Crippen LogP contribution in [0.15, 0.2) is 23.0 Å². The van der Waals surface area contributed by atoms with Crippen molar-refractivity contribution in [2.45, 2.75) is 25.6 Å². The van der Waals surface area contributed by atoms with Crippen LogP contribution >= 0.6 is 0 Å². The van der Waals surface area contributed by atoms with Crippen LogP contribution in [0.4, 0.5) is 11.6 Å². The lowest BCUT2D eigenvalue weighted by Gasteiger charge is -2.38. The lowest BCUT2D eigenvalue weighted by atomic mass is 10.0. The van der Waals surface area contributed by atoms with Gasteiger partial charge < -0.3 is 24.2 Å². The molecule has 1 spiro atoms. The van der Waals surface area contributed by atoms with Crippen LogP contribution < -0.4 is 10.2 Å². The van der Waals surface area contributed by atoms with E-state index in [9.17, 15) is 4.79 Å². The van der Waals surface area contributed by atoms with Crippen molar-refractivity contribution in [3.05, 3.63) is 29.9 Å². The predicted molar refractivity (Wildman–Crippen MR) is 87.3 cm³/mol. The molecular weight excluding hydrogens is 326 g/mol. The number of nitrogens with one attached hydrogen (secondary N) is 1. The zero-order chi connectivity index (χ0) is 17.3. The molecule has 4 rings (SSSR count). The van der Waals surface area contributed by atoms with Gasteiger partial charge in [-0.25, -0.2) is 9.97 Å². The van der Waals surface area contributed by atoms with Crippen LogP contribution in [0.25, 0.3) is 0 Å². The third-order valence-electron chi connectivity index (χ3n) is 4.42. The van der Waals surface area contributed by atoms with Gasteiger partial charge in [-0.3, -0.25) is 4.79 Å². The Kier molecular flexibility index (Phi) is 4.10. The second-order valence-corrected chi connectivity index (χ2v) is 6.13. The van der Waals surface area contributed by atoms with Gasteiger partial charge in [-0.1, -0.05) is 5.16 Å². The van der Waals surface area contributed by atoms with Crippen LogP contribution in [-0.2, 0) is 9.47 Å². The molecule has 2 aliphatic rings. The van der Waals surface area contributed by atoms with E-state index in [-0.39, 0.29) is 11.6 Å². The monoisotopic (exact) mass is 345 g/mol. The topological polar surface area (TPSA) is 103 Å². The molecule has 0 aromatic carbocycles. The summed E-state index contributed by atoms with van der Waals surface area (Å²) in [7, 11) is 0. The van der Waals surface area contributed by atoms with Crippen LogP contribution in [-0.4, -0.2) is 53.1 Å². The molecule has 0 atom stereocenters. The highest BCUT2D eigenvalue weighted by atomic mass is 16.7. The number of amides is 1. The van der Waals surface area contributed by atoms with E-state index in [0.717, 1.165) is 25.9 Å². The molecule has 0 radical (unpaired) electrons. The molecule has 0 saturated carbocycles. The Balaban J connectivity index is 1.43. The van der Waals surface area contributed by atoms with E-state index >= 15 is 0 Å². The molecule has 25 heavy (non-hydrogen) atoms. The number of anilines is 2. The Hall–Kier alpha value is -2.52. The Morgan fingerprint density at radius 1 is 1.20 bits per heavy atom. The van der Waals surface area contributed by atoms with E-state index in [4.69, 9.17) is 14.0 Å². The maximum Gasteiger partial charge on any atom is 0.275 e. The first kappa shape index (κ1) is 16.0. The minimum absolute atomic E-state index is 0.277. The van der Waals surface area contributed by atoms with E-state index in [2.05, 4.69) is 25.3 Å². The molecule has 2 aromatic heterocycles. The molecule has 9 nitrogen and oxygen atoms in total. The fourth-order valence-corrected chi connectivity index (χ4v) is 3.11. The number of carbonyl (C=O) groups excluding carboxylic acids is 1. The second-order valence-electron chi connectivity index (χ2n) is 6.13. The van der Waals surface area contributed by atoms with Crippen LogP contribution in [0.3, 0.4) is 0 Å². The van der Waals surface area contributed by atoms with E-state index in [0.29, 0.717) is 30.6 Å². The van der Waals surface area contributed by atoms with E-state index in [1.807, 2.05) is 0 Å². The molecule has 0 unspecified atom stereocenters. The van der Waals surface area contributed by atoms with Gasteiger partial charge in [0, 0.05) is 38.1 Å². The Morgan fingerprint density at radius 2 is 1.96 bits per heavy atom. The number of hydrogen-bond donors (Lipinski definition) is 1. The highest BCUT2D eigenvalue weighted by Crippen LogP contribution is 2.32. The van der Waals surface area contributed by atoms with Crippen molar-refractivity contribution in [2.24, 2.45) is 0 Å². The molecule has 4 heterocycles. The predicted octanol–water partition coefficient (Wildman–Crippen LogP) is 1.37. The van der Waals surface area contributed by atoms with Crippen molar-refractivity contribution in [2.75, 3.05) is 36.5 Å². The lowest BCUT2D eigenvalue weighted by Crippen LogP contribution is -2.45. The number of aryl methyl sites for hydroxylation is 1. The Bertz CT molecular complexity index is 761. The van der Waals surface area contributed by atoms with Crippen molar-refractivity contribution < 1.29 is 18.8 Å². The van der Waals surface area contributed by atoms with Gasteiger partial charge in [0.1, 0.15) is 23.6 Å². The standard InChI is InChI=1S/C16H19N5O4/c1-11-8-13(20-25-11)19-15(22)12-9-14(18-10-17-12)21-4-2-16(3-5-21)23-6-7-24-16/h8-10H,2-7H2,1H3,(H,19,20,22). The summed E-state index contributed by atoms with van der Waals surface area (Å²) in [5.41, 5.74) is 0.277. The van der Waals surface area contributed by atoms with Crippen LogP contribution in [0, 0.1) is 6.92 Å². The molecule has 2 fully saturated rings. The van der Waals surface area contributed by atoms with Crippen LogP contribution in [0.2, 0.25) is 0 Å². The average molecular weight is 345 g/mol. The van der Waals surface area contributed by atoms with Gasteiger partial charge in [-0.15, -0.1) is 0 Å². The lowest BCUT2D eigenvalue weighted by molar-refractivity contribution is -0.169. The minimum atomic E-state index is -0.436. The van der Waals surface area contributed by atoms with Crippen molar-refractivity contribution in [3.8, 4) is 0 Å². The molecule has 1 N–H and O–H groups in total. The van der Waals surface area contributed by atoms with Gasteiger partial charge >= 0.3 is 0 Å². The summed E-state index contributed by atoms with van der Waals surface area (Å²) < 4.78 is 16.4. The Labute approximate surface area is 144 Å². The third-order valence-corrected chi connectivity index (χ3v) is 4.42. The number of carbonyl (C=O) groups is 1. The molecule has 0 aliphatic carbocycles. The molecule has 2 aliphatic heterocycles. The summed E-state index contributed by atoms with van der Waals surface area (Å²) in [4.78, 5) is 22.8. The van der Waals surface area contributed by atoms with Crippen LogP contribution in [0.5, 0.6) is 0 Å². The smallest absolute Gasteiger partial charge is 0.275 e. The van der Waals surface area contributed by atoms with Crippen molar-refractivity contribution in [1.82, 2.24) is 15.1 Å². The Morgan fingerprint density at radius 3 is 2.64 bits per heavy atom. The highest BCUT2D eigenvalue weighted by Gasteiger charge is 2.40. The number of piperidine rings is 1. The van der Waals surface area contributed by atoms with Crippen molar-refractivity contribution in [1.29, 1.82) is 0 Å². The van der Waals surface area contributed by atoms with E-state index in [1.54, 1.807) is 19.1 Å². The number of nitrogens with zero attached hydrogens (tertiary/aromatic N) is 4.